The highest BCUT2D eigenvalue weighted by Gasteiger charge is 2.33. The Morgan fingerprint density at radius 2 is 1.96 bits per heavy atom. The molecule has 1 unspecified atom stereocenters. The van der Waals surface area contributed by atoms with Gasteiger partial charge in [0.2, 0.25) is 0 Å². The number of hydrogen-bond donors (Lipinski definition) is 0. The molecule has 1 heterocycles. The van der Waals surface area contributed by atoms with Gasteiger partial charge in [0.05, 0.1) is 10.6 Å². The normalized spacial score (nSPS) is 18.5. The van der Waals surface area contributed by atoms with E-state index in [2.05, 4.69) is 0 Å². The largest absolute Gasteiger partial charge is 0.444 e. The molecule has 1 atom stereocenters. The maximum atomic E-state index is 13.1. The number of piperazine rings is 1. The van der Waals surface area contributed by atoms with E-state index in [1.165, 1.54) is 12.1 Å². The molecule has 132 valence electrons. The van der Waals surface area contributed by atoms with Crippen LogP contribution in [0.4, 0.5) is 9.18 Å². The Labute approximate surface area is 146 Å². The van der Waals surface area contributed by atoms with Crippen molar-refractivity contribution in [3.8, 4) is 0 Å². The van der Waals surface area contributed by atoms with Crippen molar-refractivity contribution in [1.29, 1.82) is 0 Å². The van der Waals surface area contributed by atoms with Crippen molar-refractivity contribution < 1.29 is 18.7 Å². The van der Waals surface area contributed by atoms with Gasteiger partial charge in [-0.15, -0.1) is 0 Å². The standard InChI is InChI=1S/C17H22ClFN2O3/c1-11-10-20(7-8-21(11)16(23)24-17(2,3)4)15(22)13-6-5-12(19)9-14(13)18/h5-6,9,11H,7-8,10H2,1-4H3. The van der Waals surface area contributed by atoms with Gasteiger partial charge in [0.25, 0.3) is 5.91 Å². The number of carbonyl (C=O) groups excluding carboxylic acids is 2. The second-order valence-corrected chi connectivity index (χ2v) is 7.31. The Hall–Kier alpha value is -1.82. The number of amides is 2. The minimum atomic E-state index is -0.564. The first-order valence-electron chi connectivity index (χ1n) is 7.82. The summed E-state index contributed by atoms with van der Waals surface area (Å²) >= 11 is 5.96. The molecule has 1 saturated heterocycles. The summed E-state index contributed by atoms with van der Waals surface area (Å²) in [4.78, 5) is 28.0. The summed E-state index contributed by atoms with van der Waals surface area (Å²) in [7, 11) is 0. The highest BCUT2D eigenvalue weighted by molar-refractivity contribution is 6.33. The second-order valence-electron chi connectivity index (χ2n) is 6.90. The van der Waals surface area contributed by atoms with Crippen molar-refractivity contribution in [3.63, 3.8) is 0 Å². The van der Waals surface area contributed by atoms with Crippen LogP contribution in [0.2, 0.25) is 5.02 Å². The van der Waals surface area contributed by atoms with E-state index < -0.39 is 11.4 Å². The van der Waals surface area contributed by atoms with E-state index in [-0.39, 0.29) is 28.6 Å². The molecule has 1 aliphatic heterocycles. The number of halogens is 2. The van der Waals surface area contributed by atoms with Crippen LogP contribution in [0.1, 0.15) is 38.1 Å². The molecule has 1 aliphatic rings. The first-order valence-corrected chi connectivity index (χ1v) is 8.20. The summed E-state index contributed by atoms with van der Waals surface area (Å²) < 4.78 is 18.5. The predicted molar refractivity (Wildman–Crippen MR) is 89.7 cm³/mol. The molecule has 0 spiro atoms. The van der Waals surface area contributed by atoms with Crippen LogP contribution in [-0.2, 0) is 4.74 Å². The molecule has 1 aromatic carbocycles. The van der Waals surface area contributed by atoms with Gasteiger partial charge in [-0.05, 0) is 45.9 Å². The van der Waals surface area contributed by atoms with Crippen LogP contribution in [0.5, 0.6) is 0 Å². The molecular formula is C17H22ClFN2O3. The summed E-state index contributed by atoms with van der Waals surface area (Å²) in [5.74, 6) is -0.754. The van der Waals surface area contributed by atoms with E-state index in [4.69, 9.17) is 16.3 Å². The summed E-state index contributed by atoms with van der Waals surface area (Å²) in [5.41, 5.74) is -0.304. The van der Waals surface area contributed by atoms with Crippen molar-refractivity contribution >= 4 is 23.6 Å². The number of ether oxygens (including phenoxy) is 1. The molecule has 0 aliphatic carbocycles. The minimum Gasteiger partial charge on any atom is -0.444 e. The highest BCUT2D eigenvalue weighted by Crippen LogP contribution is 2.22. The smallest absolute Gasteiger partial charge is 0.410 e. The monoisotopic (exact) mass is 356 g/mol. The first kappa shape index (κ1) is 18.5. The molecule has 1 aromatic rings. The zero-order valence-corrected chi connectivity index (χ0v) is 15.1. The maximum absolute atomic E-state index is 13.1. The molecule has 1 fully saturated rings. The Bertz CT molecular complexity index is 645. The second kappa shape index (κ2) is 6.97. The highest BCUT2D eigenvalue weighted by atomic mass is 35.5. The zero-order valence-electron chi connectivity index (χ0n) is 14.3. The van der Waals surface area contributed by atoms with E-state index >= 15 is 0 Å². The third-order valence-corrected chi connectivity index (χ3v) is 4.02. The fourth-order valence-electron chi connectivity index (χ4n) is 2.57. The van der Waals surface area contributed by atoms with Crippen LogP contribution in [0.25, 0.3) is 0 Å². The van der Waals surface area contributed by atoms with Crippen LogP contribution in [0.3, 0.4) is 0 Å². The fourth-order valence-corrected chi connectivity index (χ4v) is 2.82. The van der Waals surface area contributed by atoms with Gasteiger partial charge in [-0.1, -0.05) is 11.6 Å². The molecule has 0 N–H and O–H groups in total. The van der Waals surface area contributed by atoms with E-state index in [1.54, 1.807) is 9.80 Å². The van der Waals surface area contributed by atoms with Crippen LogP contribution in [0.15, 0.2) is 18.2 Å². The minimum absolute atomic E-state index is 0.0854. The van der Waals surface area contributed by atoms with Gasteiger partial charge < -0.3 is 14.5 Å². The fraction of sp³-hybridized carbons (Fsp3) is 0.529. The third kappa shape index (κ3) is 4.38. The number of hydrogen-bond acceptors (Lipinski definition) is 3. The molecule has 0 aromatic heterocycles. The Morgan fingerprint density at radius 3 is 2.50 bits per heavy atom. The lowest BCUT2D eigenvalue weighted by atomic mass is 10.1. The van der Waals surface area contributed by atoms with Crippen LogP contribution in [0, 0.1) is 5.82 Å². The molecular weight excluding hydrogens is 335 g/mol. The summed E-state index contributed by atoms with van der Waals surface area (Å²) in [5, 5.41) is 0.0854. The summed E-state index contributed by atoms with van der Waals surface area (Å²) in [6.07, 6.45) is -0.387. The molecule has 5 nitrogen and oxygen atoms in total. The number of benzene rings is 1. The maximum Gasteiger partial charge on any atom is 0.410 e. The molecule has 2 amide bonds. The zero-order chi connectivity index (χ0) is 18.1. The molecule has 0 saturated carbocycles. The van der Waals surface area contributed by atoms with E-state index in [1.807, 2.05) is 27.7 Å². The lowest BCUT2D eigenvalue weighted by Crippen LogP contribution is -2.56. The SMILES string of the molecule is CC1CN(C(=O)c2ccc(F)cc2Cl)CCN1C(=O)OC(C)(C)C. The molecule has 24 heavy (non-hydrogen) atoms. The van der Waals surface area contributed by atoms with Gasteiger partial charge in [0.15, 0.2) is 0 Å². The van der Waals surface area contributed by atoms with E-state index in [9.17, 15) is 14.0 Å². The van der Waals surface area contributed by atoms with Crippen molar-refractivity contribution in [1.82, 2.24) is 9.80 Å². The van der Waals surface area contributed by atoms with Gasteiger partial charge in [-0.3, -0.25) is 4.79 Å². The van der Waals surface area contributed by atoms with Gasteiger partial charge in [0, 0.05) is 25.7 Å². The van der Waals surface area contributed by atoms with Crippen LogP contribution < -0.4 is 0 Å². The topological polar surface area (TPSA) is 49.9 Å². The average Bonchev–Trinajstić information content (AvgIpc) is 2.44. The Balaban J connectivity index is 2.05. The number of nitrogens with zero attached hydrogens (tertiary/aromatic N) is 2. The van der Waals surface area contributed by atoms with Crippen molar-refractivity contribution in [2.24, 2.45) is 0 Å². The number of rotatable bonds is 1. The number of carbonyl (C=O) groups is 2. The summed E-state index contributed by atoms with van der Waals surface area (Å²) in [6, 6.07) is 3.52. The lowest BCUT2D eigenvalue weighted by molar-refractivity contribution is 0.00198. The Morgan fingerprint density at radius 1 is 1.29 bits per heavy atom. The third-order valence-electron chi connectivity index (χ3n) is 3.70. The molecule has 0 radical (unpaired) electrons. The van der Waals surface area contributed by atoms with Crippen molar-refractivity contribution in [2.75, 3.05) is 19.6 Å². The van der Waals surface area contributed by atoms with E-state index in [0.717, 1.165) is 6.07 Å². The average molecular weight is 357 g/mol. The molecule has 7 heteroatoms. The van der Waals surface area contributed by atoms with Gasteiger partial charge in [-0.25, -0.2) is 9.18 Å². The Kier molecular flexibility index (Phi) is 5.38. The van der Waals surface area contributed by atoms with Crippen LogP contribution in [-0.4, -0.2) is 53.1 Å². The first-order chi connectivity index (χ1) is 11.1. The summed E-state index contributed by atoms with van der Waals surface area (Å²) in [6.45, 7) is 8.40. The quantitative estimate of drug-likeness (QED) is 0.773. The predicted octanol–water partition coefficient (Wildman–Crippen LogP) is 3.56. The molecule has 2 rings (SSSR count). The van der Waals surface area contributed by atoms with Gasteiger partial charge in [-0.2, -0.15) is 0 Å². The lowest BCUT2D eigenvalue weighted by Gasteiger charge is -2.40. The van der Waals surface area contributed by atoms with E-state index in [0.29, 0.717) is 19.6 Å². The van der Waals surface area contributed by atoms with Crippen molar-refractivity contribution in [2.45, 2.75) is 39.3 Å². The molecule has 0 bridgehead atoms. The van der Waals surface area contributed by atoms with Crippen LogP contribution >= 0.6 is 11.6 Å². The van der Waals surface area contributed by atoms with Gasteiger partial charge >= 0.3 is 6.09 Å². The van der Waals surface area contributed by atoms with Gasteiger partial charge in [0.1, 0.15) is 11.4 Å². The van der Waals surface area contributed by atoms with Crippen molar-refractivity contribution in [3.05, 3.63) is 34.6 Å².